The maximum Gasteiger partial charge on any atom is 0.0660 e. The van der Waals surface area contributed by atoms with E-state index in [9.17, 15) is 0 Å². The smallest absolute Gasteiger partial charge is 0.0660 e. The van der Waals surface area contributed by atoms with Crippen molar-refractivity contribution in [1.29, 1.82) is 0 Å². The Balaban J connectivity index is 1.85. The Bertz CT molecular complexity index is 394. The van der Waals surface area contributed by atoms with Crippen LogP contribution in [-0.4, -0.2) is 36.7 Å². The van der Waals surface area contributed by atoms with E-state index >= 15 is 0 Å². The zero-order chi connectivity index (χ0) is 13.2. The molecule has 2 heterocycles. The first-order chi connectivity index (χ1) is 9.29. The Morgan fingerprint density at radius 3 is 2.42 bits per heavy atom. The van der Waals surface area contributed by atoms with Crippen molar-refractivity contribution in [3.05, 3.63) is 35.9 Å². The summed E-state index contributed by atoms with van der Waals surface area (Å²) < 4.78 is 5.49. The molecule has 104 valence electrons. The summed E-state index contributed by atoms with van der Waals surface area (Å²) in [4.78, 5) is 2.68. The fourth-order valence-corrected chi connectivity index (χ4v) is 3.95. The van der Waals surface area contributed by atoms with Crippen LogP contribution in [0.3, 0.4) is 0 Å². The first kappa shape index (κ1) is 13.1. The Morgan fingerprint density at radius 2 is 1.84 bits per heavy atom. The third-order valence-electron chi connectivity index (χ3n) is 4.69. The first-order valence-electron chi connectivity index (χ1n) is 7.36. The van der Waals surface area contributed by atoms with Gasteiger partial charge in [0, 0.05) is 25.2 Å². The standard InChI is InChI=1S/C16H24N2O/c1-19-11-16(12-5-3-2-4-6-12)18-14-7-8-15(18)10-13(17)9-14/h2-6,13-16H,7-11,17H2,1H3. The summed E-state index contributed by atoms with van der Waals surface area (Å²) >= 11 is 0. The average Bonchev–Trinajstić information content (AvgIpc) is 2.68. The minimum atomic E-state index is 0.385. The molecule has 2 aliphatic heterocycles. The van der Waals surface area contributed by atoms with Gasteiger partial charge < -0.3 is 10.5 Å². The van der Waals surface area contributed by atoms with Gasteiger partial charge >= 0.3 is 0 Å². The number of ether oxygens (including phenoxy) is 1. The van der Waals surface area contributed by atoms with E-state index in [2.05, 4.69) is 35.2 Å². The number of methoxy groups -OCH3 is 1. The quantitative estimate of drug-likeness (QED) is 0.903. The van der Waals surface area contributed by atoms with Crippen LogP contribution in [0.2, 0.25) is 0 Å². The van der Waals surface area contributed by atoms with Crippen molar-refractivity contribution in [1.82, 2.24) is 4.90 Å². The molecule has 0 saturated carbocycles. The molecule has 3 atom stereocenters. The van der Waals surface area contributed by atoms with E-state index in [-0.39, 0.29) is 0 Å². The second-order valence-electron chi connectivity index (χ2n) is 5.95. The van der Waals surface area contributed by atoms with Gasteiger partial charge in [-0.15, -0.1) is 0 Å². The van der Waals surface area contributed by atoms with E-state index in [1.54, 1.807) is 7.11 Å². The number of rotatable bonds is 4. The molecule has 0 aromatic heterocycles. The van der Waals surface area contributed by atoms with Crippen molar-refractivity contribution < 1.29 is 4.74 Å². The minimum Gasteiger partial charge on any atom is -0.383 e. The second kappa shape index (κ2) is 5.61. The maximum atomic E-state index is 6.17. The first-order valence-corrected chi connectivity index (χ1v) is 7.36. The van der Waals surface area contributed by atoms with E-state index in [0.717, 1.165) is 19.4 Å². The molecule has 0 amide bonds. The van der Waals surface area contributed by atoms with Gasteiger partial charge in [-0.05, 0) is 31.2 Å². The lowest BCUT2D eigenvalue weighted by Gasteiger charge is -2.42. The summed E-state index contributed by atoms with van der Waals surface area (Å²) in [6.45, 7) is 0.770. The molecule has 3 rings (SSSR count). The molecule has 2 fully saturated rings. The summed E-state index contributed by atoms with van der Waals surface area (Å²) in [6.07, 6.45) is 4.88. The summed E-state index contributed by atoms with van der Waals surface area (Å²) in [5.41, 5.74) is 7.54. The number of fused-ring (bicyclic) bond motifs is 2. The molecule has 0 radical (unpaired) electrons. The maximum absolute atomic E-state index is 6.17. The lowest BCUT2D eigenvalue weighted by Crippen LogP contribution is -2.49. The fourth-order valence-electron chi connectivity index (χ4n) is 3.95. The van der Waals surface area contributed by atoms with E-state index in [0.29, 0.717) is 24.2 Å². The molecule has 0 spiro atoms. The highest BCUT2D eigenvalue weighted by Crippen LogP contribution is 2.41. The van der Waals surface area contributed by atoms with Crippen molar-refractivity contribution in [2.24, 2.45) is 5.73 Å². The van der Waals surface area contributed by atoms with Gasteiger partial charge in [0.05, 0.1) is 12.6 Å². The van der Waals surface area contributed by atoms with Crippen LogP contribution < -0.4 is 5.73 Å². The van der Waals surface area contributed by atoms with Crippen LogP contribution in [0.15, 0.2) is 30.3 Å². The van der Waals surface area contributed by atoms with Crippen LogP contribution in [-0.2, 0) is 4.74 Å². The average molecular weight is 260 g/mol. The van der Waals surface area contributed by atoms with Gasteiger partial charge in [-0.25, -0.2) is 0 Å². The number of nitrogens with two attached hydrogens (primary N) is 1. The Morgan fingerprint density at radius 1 is 1.21 bits per heavy atom. The van der Waals surface area contributed by atoms with Gasteiger partial charge in [0.15, 0.2) is 0 Å². The number of hydrogen-bond donors (Lipinski definition) is 1. The summed E-state index contributed by atoms with van der Waals surface area (Å²) in [5.74, 6) is 0. The van der Waals surface area contributed by atoms with Crippen LogP contribution in [0.4, 0.5) is 0 Å². The molecule has 2 aliphatic rings. The fraction of sp³-hybridized carbons (Fsp3) is 0.625. The summed E-state index contributed by atoms with van der Waals surface area (Å²) in [6, 6.07) is 12.8. The van der Waals surface area contributed by atoms with E-state index in [4.69, 9.17) is 10.5 Å². The van der Waals surface area contributed by atoms with Crippen LogP contribution in [0.5, 0.6) is 0 Å². The highest BCUT2D eigenvalue weighted by atomic mass is 16.5. The molecule has 1 aromatic carbocycles. The normalized spacial score (nSPS) is 32.4. The highest BCUT2D eigenvalue weighted by molar-refractivity contribution is 5.21. The van der Waals surface area contributed by atoms with Gasteiger partial charge in [-0.3, -0.25) is 4.90 Å². The van der Waals surface area contributed by atoms with Crippen molar-refractivity contribution in [3.63, 3.8) is 0 Å². The number of benzene rings is 1. The van der Waals surface area contributed by atoms with Crippen molar-refractivity contribution in [2.75, 3.05) is 13.7 Å². The molecule has 3 nitrogen and oxygen atoms in total. The van der Waals surface area contributed by atoms with Crippen LogP contribution >= 0.6 is 0 Å². The molecular weight excluding hydrogens is 236 g/mol. The number of piperidine rings is 1. The predicted molar refractivity (Wildman–Crippen MR) is 76.9 cm³/mol. The van der Waals surface area contributed by atoms with Gasteiger partial charge in [0.25, 0.3) is 0 Å². The molecule has 3 heteroatoms. The molecule has 2 saturated heterocycles. The summed E-state index contributed by atoms with van der Waals surface area (Å²) in [7, 11) is 1.80. The van der Waals surface area contributed by atoms with Gasteiger partial charge in [-0.1, -0.05) is 30.3 Å². The summed E-state index contributed by atoms with van der Waals surface area (Å²) in [5, 5.41) is 0. The molecule has 0 aliphatic carbocycles. The lowest BCUT2D eigenvalue weighted by atomic mass is 9.94. The van der Waals surface area contributed by atoms with Gasteiger partial charge in [0.1, 0.15) is 0 Å². The van der Waals surface area contributed by atoms with Crippen molar-refractivity contribution in [2.45, 2.75) is 49.9 Å². The van der Waals surface area contributed by atoms with Crippen LogP contribution in [0, 0.1) is 0 Å². The largest absolute Gasteiger partial charge is 0.383 e. The van der Waals surface area contributed by atoms with Crippen LogP contribution in [0.1, 0.15) is 37.3 Å². The zero-order valence-corrected chi connectivity index (χ0v) is 11.7. The Kier molecular flexibility index (Phi) is 3.87. The molecular formula is C16H24N2O. The van der Waals surface area contributed by atoms with E-state index < -0.39 is 0 Å². The molecule has 2 N–H and O–H groups in total. The SMILES string of the molecule is COCC(c1ccccc1)N1C2CCC1CC(N)C2. The Hall–Kier alpha value is -0.900. The van der Waals surface area contributed by atoms with Crippen molar-refractivity contribution in [3.8, 4) is 0 Å². The third kappa shape index (κ3) is 2.55. The van der Waals surface area contributed by atoms with Crippen LogP contribution in [0.25, 0.3) is 0 Å². The number of nitrogens with zero attached hydrogens (tertiary/aromatic N) is 1. The van der Waals surface area contributed by atoms with Crippen molar-refractivity contribution >= 4 is 0 Å². The third-order valence-corrected chi connectivity index (χ3v) is 4.69. The van der Waals surface area contributed by atoms with E-state index in [1.807, 2.05) is 0 Å². The molecule has 1 aromatic rings. The molecule has 3 unspecified atom stereocenters. The molecule has 2 bridgehead atoms. The minimum absolute atomic E-state index is 0.385. The lowest BCUT2D eigenvalue weighted by molar-refractivity contribution is 0.0285. The zero-order valence-electron chi connectivity index (χ0n) is 11.7. The van der Waals surface area contributed by atoms with Gasteiger partial charge in [-0.2, -0.15) is 0 Å². The number of hydrogen-bond acceptors (Lipinski definition) is 3. The predicted octanol–water partition coefficient (Wildman–Crippen LogP) is 2.33. The highest BCUT2D eigenvalue weighted by Gasteiger charge is 2.43. The monoisotopic (exact) mass is 260 g/mol. The molecule has 19 heavy (non-hydrogen) atoms. The van der Waals surface area contributed by atoms with E-state index in [1.165, 1.54) is 18.4 Å². The second-order valence-corrected chi connectivity index (χ2v) is 5.95. The van der Waals surface area contributed by atoms with Gasteiger partial charge in [0.2, 0.25) is 0 Å². The Labute approximate surface area is 115 Å². The topological polar surface area (TPSA) is 38.5 Å².